The number of rotatable bonds is 7. The van der Waals surface area contributed by atoms with Crippen LogP contribution in [0.25, 0.3) is 21.5 Å². The van der Waals surface area contributed by atoms with Crippen LogP contribution in [0, 0.1) is 0 Å². The van der Waals surface area contributed by atoms with Crippen molar-refractivity contribution in [3.63, 3.8) is 0 Å². The summed E-state index contributed by atoms with van der Waals surface area (Å²) in [6.45, 7) is 7.32. The average molecular weight is 590 g/mol. The minimum atomic E-state index is -4.48. The van der Waals surface area contributed by atoms with Crippen molar-refractivity contribution in [1.29, 1.82) is 0 Å². The number of nitrogens with one attached hydrogen (secondary N) is 1. The van der Waals surface area contributed by atoms with Crippen molar-refractivity contribution in [1.82, 2.24) is 28.6 Å². The molecule has 13 heteroatoms. The molecule has 0 amide bonds. The number of halogens is 3. The molecule has 4 heterocycles. The van der Waals surface area contributed by atoms with E-state index >= 15 is 0 Å². The Balaban J connectivity index is 1.54. The Kier molecular flexibility index (Phi) is 6.77. The van der Waals surface area contributed by atoms with Crippen LogP contribution in [0.5, 0.6) is 0 Å². The number of imidazole rings is 1. The summed E-state index contributed by atoms with van der Waals surface area (Å²) in [6.07, 6.45) is 4.14. The normalized spacial score (nSPS) is 19.3. The summed E-state index contributed by atoms with van der Waals surface area (Å²) < 4.78 is 58.7. The third kappa shape index (κ3) is 5.30. The maximum absolute atomic E-state index is 13.2. The third-order valence-corrected chi connectivity index (χ3v) is 10.8. The van der Waals surface area contributed by atoms with Crippen molar-refractivity contribution in [2.24, 2.45) is 0 Å². The van der Waals surface area contributed by atoms with Crippen LogP contribution in [0.3, 0.4) is 0 Å². The van der Waals surface area contributed by atoms with Gasteiger partial charge in [0.15, 0.2) is 0 Å². The van der Waals surface area contributed by atoms with Crippen LogP contribution in [0.1, 0.15) is 50.2 Å². The van der Waals surface area contributed by atoms with Gasteiger partial charge in [0.25, 0.3) is 0 Å². The molecule has 1 fully saturated rings. The summed E-state index contributed by atoms with van der Waals surface area (Å²) in [7, 11) is -1.04. The minimum absolute atomic E-state index is 0.0569. The Labute approximate surface area is 214 Å². The van der Waals surface area contributed by atoms with E-state index in [-0.39, 0.29) is 15.4 Å². The van der Waals surface area contributed by atoms with Gasteiger partial charge in [-0.25, -0.2) is 0 Å². The Bertz CT molecular complexity index is 1310. The van der Waals surface area contributed by atoms with Gasteiger partial charge >= 0.3 is 215 Å². The molecule has 2 aliphatic rings. The van der Waals surface area contributed by atoms with Gasteiger partial charge in [-0.05, 0) is 0 Å². The van der Waals surface area contributed by atoms with Gasteiger partial charge in [0.2, 0.25) is 0 Å². The summed E-state index contributed by atoms with van der Waals surface area (Å²) >= 11 is 0.462. The number of nitrogens with zero attached hydrogens (tertiary/aromatic N) is 5. The molecule has 0 radical (unpaired) electrons. The summed E-state index contributed by atoms with van der Waals surface area (Å²) in [6, 6.07) is 2.10. The van der Waals surface area contributed by atoms with Crippen LogP contribution in [0.4, 0.5) is 13.2 Å². The van der Waals surface area contributed by atoms with Gasteiger partial charge < -0.3 is 0 Å². The third-order valence-electron chi connectivity index (χ3n) is 6.07. The van der Waals surface area contributed by atoms with E-state index in [2.05, 4.69) is 39.0 Å². The summed E-state index contributed by atoms with van der Waals surface area (Å²) in [5.41, 5.74) is 3.02. The van der Waals surface area contributed by atoms with Gasteiger partial charge in [-0.1, -0.05) is 0 Å². The topological polar surface area (TPSA) is 75.4 Å². The molecule has 3 aromatic rings. The number of hydrogen-bond acceptors (Lipinski definition) is 6. The second kappa shape index (κ2) is 9.42. The molecule has 3 aromatic heterocycles. The van der Waals surface area contributed by atoms with E-state index in [1.807, 2.05) is 28.8 Å². The Hall–Kier alpha value is -1.50. The molecule has 1 atom stereocenters. The van der Waals surface area contributed by atoms with Gasteiger partial charge in [0.05, 0.1) is 0 Å². The van der Waals surface area contributed by atoms with E-state index in [1.54, 1.807) is 6.20 Å². The molecule has 188 valence electrons. The van der Waals surface area contributed by atoms with Gasteiger partial charge in [-0.2, -0.15) is 0 Å². The maximum atomic E-state index is 13.2. The fraction of sp³-hybridized carbons (Fsp3) is 0.500. The molecule has 5 rings (SSSR count). The zero-order valence-electron chi connectivity index (χ0n) is 19.4. The fourth-order valence-corrected chi connectivity index (χ4v) is 7.27. The zero-order valence-corrected chi connectivity index (χ0v) is 22.8. The summed E-state index contributed by atoms with van der Waals surface area (Å²) in [5.74, 6) is 0.392. The predicted molar refractivity (Wildman–Crippen MR) is 132 cm³/mol. The molecule has 0 aromatic carbocycles. The summed E-state index contributed by atoms with van der Waals surface area (Å²) in [5, 5.41) is 7.29. The number of pyridine rings is 1. The number of alkyl halides is 3. The first kappa shape index (κ1) is 25.2. The molecule has 1 aliphatic carbocycles. The molecular formula is C22H25F3N6OS2Se. The monoisotopic (exact) mass is 590 g/mol. The van der Waals surface area contributed by atoms with Gasteiger partial charge in [-0.15, -0.1) is 0 Å². The van der Waals surface area contributed by atoms with Crippen molar-refractivity contribution < 1.29 is 17.4 Å². The molecule has 0 saturated heterocycles. The standard InChI is InChI=1S/C22H25F3N6OS2Se/c1-13(2)34(32)30-8-4-14(5-9-30)16-10-15(33-29-21(3)6-7-21)12-31-17(16)11-26-18(31)19-27-28-20(35-19)22(23,24)25/h4,10-13,29H,5-9H2,1-3H3. The fourth-order valence-electron chi connectivity index (χ4n) is 3.80. The molecular weight excluding hydrogens is 564 g/mol. The molecule has 0 spiro atoms. The van der Waals surface area contributed by atoms with Crippen molar-refractivity contribution >= 4 is 48.5 Å². The summed E-state index contributed by atoms with van der Waals surface area (Å²) in [4.78, 5) is 5.41. The van der Waals surface area contributed by atoms with Crippen LogP contribution >= 0.6 is 11.9 Å². The van der Waals surface area contributed by atoms with E-state index < -0.39 is 36.2 Å². The van der Waals surface area contributed by atoms with Crippen molar-refractivity contribution in [2.45, 2.75) is 61.9 Å². The Morgan fingerprint density at radius 3 is 2.66 bits per heavy atom. The predicted octanol–water partition coefficient (Wildman–Crippen LogP) is 4.18. The van der Waals surface area contributed by atoms with Crippen LogP contribution in [0.15, 0.2) is 29.4 Å². The van der Waals surface area contributed by atoms with E-state index in [1.165, 1.54) is 11.9 Å². The second-order valence-corrected chi connectivity index (χ2v) is 14.2. The quantitative estimate of drug-likeness (QED) is 0.330. The van der Waals surface area contributed by atoms with Crippen LogP contribution in [-0.4, -0.2) is 66.5 Å². The van der Waals surface area contributed by atoms with Crippen LogP contribution in [-0.2, 0) is 17.2 Å². The second-order valence-electron chi connectivity index (χ2n) is 9.29. The molecule has 1 unspecified atom stereocenters. The molecule has 35 heavy (non-hydrogen) atoms. The molecule has 7 nitrogen and oxygen atoms in total. The van der Waals surface area contributed by atoms with E-state index in [4.69, 9.17) is 0 Å². The van der Waals surface area contributed by atoms with E-state index in [0.717, 1.165) is 40.8 Å². The first-order chi connectivity index (χ1) is 16.5. The van der Waals surface area contributed by atoms with E-state index in [9.17, 15) is 17.4 Å². The Morgan fingerprint density at radius 2 is 2.06 bits per heavy atom. The van der Waals surface area contributed by atoms with Gasteiger partial charge in [-0.3, -0.25) is 0 Å². The molecule has 1 aliphatic heterocycles. The number of fused-ring (bicyclic) bond motifs is 1. The number of aromatic nitrogens is 4. The van der Waals surface area contributed by atoms with Crippen LogP contribution in [0.2, 0.25) is 0 Å². The Morgan fingerprint density at radius 1 is 1.29 bits per heavy atom. The SMILES string of the molecule is CC(C)S(=O)N1CC=C(c2cc(SNC3(C)CC3)cn3c(-c4nnc(C(F)(F)F)[se]4)ncc23)CC1. The molecule has 0 bridgehead atoms. The zero-order chi connectivity index (χ0) is 25.0. The first-order valence-corrected chi connectivity index (χ1v) is 15.0. The van der Waals surface area contributed by atoms with Gasteiger partial charge in [0.1, 0.15) is 0 Å². The van der Waals surface area contributed by atoms with Crippen molar-refractivity contribution in [2.75, 3.05) is 13.1 Å². The number of hydrogen-bond donors (Lipinski definition) is 1. The molecule has 1 N–H and O–H groups in total. The van der Waals surface area contributed by atoms with Crippen molar-refractivity contribution in [3.05, 3.63) is 34.7 Å². The molecule has 1 saturated carbocycles. The average Bonchev–Trinajstić information content (AvgIpc) is 3.20. The van der Waals surface area contributed by atoms with Crippen molar-refractivity contribution in [3.8, 4) is 10.4 Å². The van der Waals surface area contributed by atoms with Gasteiger partial charge in [0, 0.05) is 0 Å². The van der Waals surface area contributed by atoms with E-state index in [0.29, 0.717) is 18.9 Å². The first-order valence-electron chi connectivity index (χ1n) is 11.3. The van der Waals surface area contributed by atoms with Crippen LogP contribution < -0.4 is 4.72 Å².